The van der Waals surface area contributed by atoms with Crippen molar-refractivity contribution in [3.8, 4) is 0 Å². The normalized spacial score (nSPS) is 19.2. The standard InChI is InChI=1S/C16H23ClN2O2/c1-3-11-5-4-7-19(8-6-11)15-13(16(20)21-2)9-12(18)10-14(15)17/h9-11H,3-8,18H2,1-2H3. The van der Waals surface area contributed by atoms with Gasteiger partial charge >= 0.3 is 5.97 Å². The summed E-state index contributed by atoms with van der Waals surface area (Å²) < 4.78 is 4.87. The molecule has 1 saturated heterocycles. The molecule has 1 aromatic rings. The molecule has 1 heterocycles. The predicted octanol–water partition coefficient (Wildman–Crippen LogP) is 3.73. The average molecular weight is 311 g/mol. The summed E-state index contributed by atoms with van der Waals surface area (Å²) >= 11 is 6.36. The van der Waals surface area contributed by atoms with Crippen LogP contribution in [-0.4, -0.2) is 26.2 Å². The van der Waals surface area contributed by atoms with E-state index in [1.54, 1.807) is 12.1 Å². The number of nitrogens with zero attached hydrogens (tertiary/aromatic N) is 1. The zero-order valence-electron chi connectivity index (χ0n) is 12.7. The van der Waals surface area contributed by atoms with Gasteiger partial charge in [0, 0.05) is 18.8 Å². The van der Waals surface area contributed by atoms with Crippen LogP contribution in [0.3, 0.4) is 0 Å². The summed E-state index contributed by atoms with van der Waals surface area (Å²) in [6.45, 7) is 4.05. The molecule has 21 heavy (non-hydrogen) atoms. The molecule has 0 amide bonds. The number of carbonyl (C=O) groups is 1. The molecule has 116 valence electrons. The first-order valence-electron chi connectivity index (χ1n) is 7.49. The summed E-state index contributed by atoms with van der Waals surface area (Å²) in [5.41, 5.74) is 7.51. The Kier molecular flexibility index (Phi) is 5.34. The van der Waals surface area contributed by atoms with Gasteiger partial charge in [-0.1, -0.05) is 24.9 Å². The summed E-state index contributed by atoms with van der Waals surface area (Å²) in [5.74, 6) is 0.361. The van der Waals surface area contributed by atoms with Gasteiger partial charge in [0.25, 0.3) is 0 Å². The zero-order valence-corrected chi connectivity index (χ0v) is 13.4. The Hall–Kier alpha value is -1.42. The van der Waals surface area contributed by atoms with E-state index in [4.69, 9.17) is 22.1 Å². The highest BCUT2D eigenvalue weighted by atomic mass is 35.5. The minimum atomic E-state index is -0.393. The first-order valence-corrected chi connectivity index (χ1v) is 7.86. The predicted molar refractivity (Wildman–Crippen MR) is 87.0 cm³/mol. The Morgan fingerprint density at radius 1 is 1.43 bits per heavy atom. The van der Waals surface area contributed by atoms with Crippen LogP contribution in [0.4, 0.5) is 11.4 Å². The molecule has 5 heteroatoms. The van der Waals surface area contributed by atoms with Gasteiger partial charge in [-0.05, 0) is 37.3 Å². The minimum Gasteiger partial charge on any atom is -0.465 e. The lowest BCUT2D eigenvalue weighted by atomic mass is 9.98. The Morgan fingerprint density at radius 3 is 2.86 bits per heavy atom. The number of halogens is 1. The largest absolute Gasteiger partial charge is 0.465 e. The van der Waals surface area contributed by atoms with Crippen molar-refractivity contribution in [1.82, 2.24) is 0 Å². The van der Waals surface area contributed by atoms with Crippen molar-refractivity contribution in [3.63, 3.8) is 0 Å². The lowest BCUT2D eigenvalue weighted by Crippen LogP contribution is -2.27. The minimum absolute atomic E-state index is 0.393. The second-order valence-electron chi connectivity index (χ2n) is 5.58. The number of rotatable bonds is 3. The topological polar surface area (TPSA) is 55.6 Å². The van der Waals surface area contributed by atoms with Crippen LogP contribution < -0.4 is 10.6 Å². The molecule has 1 unspecified atom stereocenters. The van der Waals surface area contributed by atoms with Gasteiger partial charge in [0.15, 0.2) is 0 Å². The van der Waals surface area contributed by atoms with Gasteiger partial charge < -0.3 is 15.4 Å². The first-order chi connectivity index (χ1) is 10.1. The van der Waals surface area contributed by atoms with Crippen molar-refractivity contribution >= 4 is 28.9 Å². The lowest BCUT2D eigenvalue weighted by Gasteiger charge is -2.26. The van der Waals surface area contributed by atoms with Crippen LogP contribution >= 0.6 is 11.6 Å². The van der Waals surface area contributed by atoms with E-state index in [1.165, 1.54) is 20.0 Å². The van der Waals surface area contributed by atoms with Crippen LogP contribution in [0.15, 0.2) is 12.1 Å². The van der Waals surface area contributed by atoms with E-state index in [2.05, 4.69) is 11.8 Å². The number of carbonyl (C=O) groups excluding carboxylic acids is 1. The number of hydrogen-bond donors (Lipinski definition) is 1. The Morgan fingerprint density at radius 2 is 2.19 bits per heavy atom. The van der Waals surface area contributed by atoms with E-state index < -0.39 is 5.97 Å². The molecule has 0 spiro atoms. The van der Waals surface area contributed by atoms with Gasteiger partial charge in [-0.25, -0.2) is 4.79 Å². The quantitative estimate of drug-likeness (QED) is 0.683. The zero-order chi connectivity index (χ0) is 15.4. The smallest absolute Gasteiger partial charge is 0.340 e. The number of benzene rings is 1. The number of anilines is 2. The van der Waals surface area contributed by atoms with E-state index in [9.17, 15) is 4.79 Å². The van der Waals surface area contributed by atoms with Crippen molar-refractivity contribution in [2.45, 2.75) is 32.6 Å². The fourth-order valence-corrected chi connectivity index (χ4v) is 3.35. The third-order valence-corrected chi connectivity index (χ3v) is 4.52. The summed E-state index contributed by atoms with van der Waals surface area (Å²) in [6, 6.07) is 3.35. The number of nitrogen functional groups attached to an aromatic ring is 1. The summed E-state index contributed by atoms with van der Waals surface area (Å²) in [5, 5.41) is 0.519. The van der Waals surface area contributed by atoms with Crippen molar-refractivity contribution in [2.24, 2.45) is 5.92 Å². The van der Waals surface area contributed by atoms with Crippen molar-refractivity contribution < 1.29 is 9.53 Å². The third kappa shape index (κ3) is 3.62. The molecule has 2 rings (SSSR count). The van der Waals surface area contributed by atoms with Crippen LogP contribution in [0.1, 0.15) is 43.0 Å². The molecule has 0 aromatic heterocycles. The fourth-order valence-electron chi connectivity index (χ4n) is 3.00. The number of ether oxygens (including phenoxy) is 1. The molecule has 1 aromatic carbocycles. The number of esters is 1. The molecule has 2 N–H and O–H groups in total. The molecule has 0 saturated carbocycles. The highest BCUT2D eigenvalue weighted by Crippen LogP contribution is 2.35. The molecular formula is C16H23ClN2O2. The van der Waals surface area contributed by atoms with Crippen LogP contribution in [0.2, 0.25) is 5.02 Å². The molecular weight excluding hydrogens is 288 g/mol. The molecule has 1 atom stereocenters. The fraction of sp³-hybridized carbons (Fsp3) is 0.562. The maximum absolute atomic E-state index is 12.0. The Bertz CT molecular complexity index is 519. The van der Waals surface area contributed by atoms with Gasteiger partial charge in [0.05, 0.1) is 23.4 Å². The van der Waals surface area contributed by atoms with E-state index in [-0.39, 0.29) is 0 Å². The maximum Gasteiger partial charge on any atom is 0.340 e. The van der Waals surface area contributed by atoms with E-state index in [0.29, 0.717) is 16.3 Å². The second-order valence-corrected chi connectivity index (χ2v) is 5.99. The molecule has 0 radical (unpaired) electrons. The Labute approximate surface area is 131 Å². The van der Waals surface area contributed by atoms with Crippen molar-refractivity contribution in [1.29, 1.82) is 0 Å². The average Bonchev–Trinajstić information content (AvgIpc) is 2.71. The molecule has 0 bridgehead atoms. The van der Waals surface area contributed by atoms with Crippen molar-refractivity contribution in [2.75, 3.05) is 30.8 Å². The van der Waals surface area contributed by atoms with E-state index in [0.717, 1.165) is 37.5 Å². The van der Waals surface area contributed by atoms with Gasteiger partial charge in [0.2, 0.25) is 0 Å². The van der Waals surface area contributed by atoms with Gasteiger partial charge in [-0.3, -0.25) is 0 Å². The van der Waals surface area contributed by atoms with Gasteiger partial charge in [0.1, 0.15) is 0 Å². The maximum atomic E-state index is 12.0. The highest BCUT2D eigenvalue weighted by molar-refractivity contribution is 6.34. The summed E-state index contributed by atoms with van der Waals surface area (Å²) in [4.78, 5) is 14.2. The van der Waals surface area contributed by atoms with Crippen LogP contribution in [0, 0.1) is 5.92 Å². The molecule has 1 fully saturated rings. The van der Waals surface area contributed by atoms with Crippen LogP contribution in [-0.2, 0) is 4.74 Å². The van der Waals surface area contributed by atoms with Gasteiger partial charge in [-0.2, -0.15) is 0 Å². The second kappa shape index (κ2) is 7.03. The third-order valence-electron chi connectivity index (χ3n) is 4.23. The number of hydrogen-bond acceptors (Lipinski definition) is 4. The monoisotopic (exact) mass is 310 g/mol. The molecule has 1 aliphatic heterocycles. The number of methoxy groups -OCH3 is 1. The SMILES string of the molecule is CCC1CCCN(c2c(Cl)cc(N)cc2C(=O)OC)CC1. The summed E-state index contributed by atoms with van der Waals surface area (Å²) in [6.07, 6.45) is 4.66. The lowest BCUT2D eigenvalue weighted by molar-refractivity contribution is 0.0601. The van der Waals surface area contributed by atoms with Crippen molar-refractivity contribution in [3.05, 3.63) is 22.7 Å². The first kappa shape index (κ1) is 16.0. The Balaban J connectivity index is 2.35. The molecule has 1 aliphatic rings. The molecule has 0 aliphatic carbocycles. The van der Waals surface area contributed by atoms with Crippen LogP contribution in [0.25, 0.3) is 0 Å². The van der Waals surface area contributed by atoms with Gasteiger partial charge in [-0.15, -0.1) is 0 Å². The highest BCUT2D eigenvalue weighted by Gasteiger charge is 2.23. The number of nitrogens with two attached hydrogens (primary N) is 1. The summed E-state index contributed by atoms with van der Waals surface area (Å²) in [7, 11) is 1.37. The molecule has 4 nitrogen and oxygen atoms in total. The van der Waals surface area contributed by atoms with E-state index in [1.807, 2.05) is 0 Å². The van der Waals surface area contributed by atoms with Crippen LogP contribution in [0.5, 0.6) is 0 Å². The van der Waals surface area contributed by atoms with E-state index >= 15 is 0 Å².